The molecule has 216 valence electrons. The molecule has 1 amide bonds. The Kier molecular flexibility index (Phi) is 10.1. The highest BCUT2D eigenvalue weighted by Gasteiger charge is 2.13. The van der Waals surface area contributed by atoms with Crippen molar-refractivity contribution < 1.29 is 9.53 Å². The third-order valence-corrected chi connectivity index (χ3v) is 7.24. The molecule has 3 heterocycles. The molecule has 0 unspecified atom stereocenters. The highest BCUT2D eigenvalue weighted by atomic mass is 16.5. The molecule has 1 aliphatic carbocycles. The zero-order valence-electron chi connectivity index (χ0n) is 24.6. The summed E-state index contributed by atoms with van der Waals surface area (Å²) in [6.07, 6.45) is 10.5. The quantitative estimate of drug-likeness (QED) is 0.278. The maximum atomic E-state index is 13.1. The summed E-state index contributed by atoms with van der Waals surface area (Å²) < 4.78 is 4.95. The summed E-state index contributed by atoms with van der Waals surface area (Å²) in [6.45, 7) is 9.28. The van der Waals surface area contributed by atoms with E-state index < -0.39 is 0 Å². The van der Waals surface area contributed by atoms with E-state index >= 15 is 0 Å². The number of pyridine rings is 1. The highest BCUT2D eigenvalue weighted by molar-refractivity contribution is 5.86. The maximum Gasteiger partial charge on any atom is 0.257 e. The van der Waals surface area contributed by atoms with Crippen LogP contribution in [0, 0.1) is 0 Å². The zero-order valence-corrected chi connectivity index (χ0v) is 24.6. The Bertz CT molecular complexity index is 1680. The van der Waals surface area contributed by atoms with Crippen molar-refractivity contribution in [2.75, 3.05) is 40.4 Å². The van der Waals surface area contributed by atoms with Gasteiger partial charge in [-0.25, -0.2) is 0 Å². The van der Waals surface area contributed by atoms with Crippen LogP contribution in [-0.4, -0.2) is 76.3 Å². The van der Waals surface area contributed by atoms with Gasteiger partial charge in [0.1, 0.15) is 6.61 Å². The van der Waals surface area contributed by atoms with Crippen molar-refractivity contribution in [3.05, 3.63) is 80.9 Å². The van der Waals surface area contributed by atoms with E-state index in [0.717, 1.165) is 64.4 Å². The molecule has 3 aromatic heterocycles. The molecule has 4 aromatic rings. The predicted octanol–water partition coefficient (Wildman–Crippen LogP) is 3.25. The van der Waals surface area contributed by atoms with Gasteiger partial charge in [0.15, 0.2) is 0 Å². The molecule has 3 N–H and O–H groups in total. The van der Waals surface area contributed by atoms with E-state index in [-0.39, 0.29) is 18.1 Å². The van der Waals surface area contributed by atoms with Gasteiger partial charge in [-0.3, -0.25) is 19.6 Å². The standard InChI is InChI=1S/C30H34N6O3.C2H6/c1-4-36(12-11-35(2)29(37)19-39-3)18-20-5-9-27-23(13-20)15-28(33-27)25-14-22-7-6-21(24-16-31-32-17-24)8-10-26(22)34-30(25)38;1-2/h5,7-10,13-17,33H,4,6,11-12,18-19H2,1-3H3,(H,31,32)(H,34,38);1-2H3. The summed E-state index contributed by atoms with van der Waals surface area (Å²) in [4.78, 5) is 35.6. The van der Waals surface area contributed by atoms with Gasteiger partial charge in [0.05, 0.1) is 17.5 Å². The first kappa shape index (κ1) is 29.8. The number of allylic oxidation sites excluding steroid dienone is 2. The molecular weight excluding hydrogens is 516 g/mol. The summed E-state index contributed by atoms with van der Waals surface area (Å²) in [6, 6.07) is 10.3. The van der Waals surface area contributed by atoms with Gasteiger partial charge in [-0.05, 0) is 59.7 Å². The number of aromatic nitrogens is 4. The van der Waals surface area contributed by atoms with Crippen LogP contribution in [0.2, 0.25) is 0 Å². The number of amides is 1. The van der Waals surface area contributed by atoms with Gasteiger partial charge in [-0.1, -0.05) is 39.0 Å². The summed E-state index contributed by atoms with van der Waals surface area (Å²) >= 11 is 0. The SMILES string of the molecule is CC.CCN(CCN(C)C(=O)COC)Cc1ccc2[nH]c(-c3cc4c([nH]c3=O)=CC=C(c3cn[nH]c3)CC=4)cc2c1. The number of hydrogen-bond acceptors (Lipinski definition) is 5. The van der Waals surface area contributed by atoms with Gasteiger partial charge in [-0.15, -0.1) is 0 Å². The zero-order chi connectivity index (χ0) is 29.4. The third-order valence-electron chi connectivity index (χ3n) is 7.24. The Morgan fingerprint density at radius 3 is 2.66 bits per heavy atom. The van der Waals surface area contributed by atoms with Crippen molar-refractivity contribution in [1.82, 2.24) is 30.0 Å². The first-order chi connectivity index (χ1) is 19.9. The molecular formula is C32H40N6O3. The Morgan fingerprint density at radius 1 is 1.10 bits per heavy atom. The van der Waals surface area contributed by atoms with Crippen LogP contribution >= 0.6 is 0 Å². The molecule has 1 aromatic carbocycles. The van der Waals surface area contributed by atoms with Gasteiger partial charge < -0.3 is 19.6 Å². The molecule has 9 nitrogen and oxygen atoms in total. The molecule has 0 fully saturated rings. The Labute approximate surface area is 240 Å². The fourth-order valence-corrected chi connectivity index (χ4v) is 4.86. The Morgan fingerprint density at radius 2 is 1.93 bits per heavy atom. The van der Waals surface area contributed by atoms with Crippen molar-refractivity contribution in [3.63, 3.8) is 0 Å². The average molecular weight is 557 g/mol. The monoisotopic (exact) mass is 556 g/mol. The van der Waals surface area contributed by atoms with Gasteiger partial charge >= 0.3 is 0 Å². The fourth-order valence-electron chi connectivity index (χ4n) is 4.86. The van der Waals surface area contributed by atoms with Crippen LogP contribution in [0.15, 0.2) is 53.6 Å². The van der Waals surface area contributed by atoms with Crippen molar-refractivity contribution in [1.29, 1.82) is 0 Å². The number of benzene rings is 1. The molecule has 5 rings (SSSR count). The topological polar surface area (TPSA) is 110 Å². The molecule has 0 spiro atoms. The number of carbonyl (C=O) groups is 1. The van der Waals surface area contributed by atoms with Crippen LogP contribution in [0.3, 0.4) is 0 Å². The van der Waals surface area contributed by atoms with Gasteiger partial charge in [0.2, 0.25) is 5.91 Å². The first-order valence-electron chi connectivity index (χ1n) is 14.2. The van der Waals surface area contributed by atoms with E-state index in [1.165, 1.54) is 12.7 Å². The average Bonchev–Trinajstić information content (AvgIpc) is 3.63. The lowest BCUT2D eigenvalue weighted by Crippen LogP contribution is -2.37. The van der Waals surface area contributed by atoms with Crippen molar-refractivity contribution in [2.24, 2.45) is 0 Å². The number of likely N-dealkylation sites (N-methyl/N-ethyl adjacent to an activating group) is 2. The summed E-state index contributed by atoms with van der Waals surface area (Å²) in [5.41, 5.74) is 5.61. The lowest BCUT2D eigenvalue weighted by atomic mass is 10.1. The number of carbonyl (C=O) groups excluding carboxylic acids is 1. The molecule has 0 saturated carbocycles. The van der Waals surface area contributed by atoms with Gasteiger partial charge in [0, 0.05) is 61.8 Å². The minimum Gasteiger partial charge on any atom is -0.375 e. The molecule has 1 aliphatic rings. The minimum atomic E-state index is -0.130. The third kappa shape index (κ3) is 7.11. The number of rotatable bonds is 10. The van der Waals surface area contributed by atoms with Crippen LogP contribution < -0.4 is 16.1 Å². The molecule has 0 atom stereocenters. The first-order valence-corrected chi connectivity index (χ1v) is 14.2. The summed E-state index contributed by atoms with van der Waals surface area (Å²) in [5.74, 6) is -0.0206. The lowest BCUT2D eigenvalue weighted by molar-refractivity contribution is -0.134. The van der Waals surface area contributed by atoms with Crippen molar-refractivity contribution in [3.8, 4) is 11.3 Å². The van der Waals surface area contributed by atoms with Gasteiger partial charge in [0.25, 0.3) is 5.56 Å². The number of fused-ring (bicyclic) bond motifs is 2. The lowest BCUT2D eigenvalue weighted by Gasteiger charge is -2.24. The van der Waals surface area contributed by atoms with Crippen LogP contribution in [0.4, 0.5) is 0 Å². The minimum absolute atomic E-state index is 0.0206. The van der Waals surface area contributed by atoms with Crippen LogP contribution in [0.25, 0.3) is 39.9 Å². The van der Waals surface area contributed by atoms with E-state index in [1.807, 2.05) is 44.3 Å². The van der Waals surface area contributed by atoms with Crippen molar-refractivity contribution in [2.45, 2.75) is 33.7 Å². The second-order valence-electron chi connectivity index (χ2n) is 9.86. The normalized spacial score (nSPS) is 12.5. The second-order valence-corrected chi connectivity index (χ2v) is 9.86. The molecule has 0 saturated heterocycles. The van der Waals surface area contributed by atoms with Crippen LogP contribution in [0.1, 0.15) is 38.3 Å². The molecule has 0 bridgehead atoms. The summed E-state index contributed by atoms with van der Waals surface area (Å²) in [5, 5.41) is 9.75. The number of aromatic amines is 3. The van der Waals surface area contributed by atoms with Gasteiger partial charge in [-0.2, -0.15) is 5.10 Å². The number of hydrogen-bond donors (Lipinski definition) is 3. The van der Waals surface area contributed by atoms with Crippen LogP contribution in [0.5, 0.6) is 0 Å². The molecule has 0 radical (unpaired) electrons. The van der Waals surface area contributed by atoms with E-state index in [2.05, 4.69) is 56.3 Å². The maximum absolute atomic E-state index is 13.1. The summed E-state index contributed by atoms with van der Waals surface area (Å²) in [7, 11) is 3.33. The second kappa shape index (κ2) is 13.9. The Hall–Kier alpha value is -4.21. The molecule has 9 heteroatoms. The number of methoxy groups -OCH3 is 1. The number of H-pyrrole nitrogens is 3. The fraction of sp³-hybridized carbons (Fsp3) is 0.344. The number of nitrogens with one attached hydrogen (secondary N) is 3. The van der Waals surface area contributed by atoms with Crippen LogP contribution in [-0.2, 0) is 16.1 Å². The van der Waals surface area contributed by atoms with Crippen molar-refractivity contribution >= 4 is 34.5 Å². The van der Waals surface area contributed by atoms with E-state index in [4.69, 9.17) is 4.74 Å². The van der Waals surface area contributed by atoms with E-state index in [0.29, 0.717) is 12.1 Å². The predicted molar refractivity (Wildman–Crippen MR) is 166 cm³/mol. The number of ether oxygens (including phenoxy) is 1. The molecule has 41 heavy (non-hydrogen) atoms. The largest absolute Gasteiger partial charge is 0.375 e. The van der Waals surface area contributed by atoms with E-state index in [1.54, 1.807) is 18.1 Å². The highest BCUT2D eigenvalue weighted by Crippen LogP contribution is 2.23. The van der Waals surface area contributed by atoms with E-state index in [9.17, 15) is 9.59 Å². The number of nitrogens with zero attached hydrogens (tertiary/aromatic N) is 3. The Balaban J connectivity index is 0.00000189. The molecule has 0 aliphatic heterocycles. The smallest absolute Gasteiger partial charge is 0.257 e.